The first kappa shape index (κ1) is 15.0. The van der Waals surface area contributed by atoms with Crippen LogP contribution in [0.2, 0.25) is 0 Å². The van der Waals surface area contributed by atoms with Gasteiger partial charge in [-0.3, -0.25) is 4.57 Å². The Morgan fingerprint density at radius 1 is 1.26 bits per heavy atom. The van der Waals surface area contributed by atoms with Crippen LogP contribution < -0.4 is 11.1 Å². The van der Waals surface area contributed by atoms with Gasteiger partial charge in [0.1, 0.15) is 11.6 Å². The Hall–Kier alpha value is -2.93. The number of hydrogen-bond acceptors (Lipinski definition) is 6. The number of aromatic nitrogens is 4. The van der Waals surface area contributed by atoms with Crippen LogP contribution in [0.4, 0.5) is 11.6 Å². The van der Waals surface area contributed by atoms with Crippen LogP contribution in [0, 0.1) is 0 Å². The largest absolute Gasteiger partial charge is 0.399 e. The molecule has 3 rings (SSSR count). The number of benzene rings is 1. The molecule has 2 aromatic heterocycles. The van der Waals surface area contributed by atoms with Gasteiger partial charge in [0.05, 0.1) is 6.10 Å². The summed E-state index contributed by atoms with van der Waals surface area (Å²) in [5.74, 6) is 1.89. The molecule has 0 saturated carbocycles. The predicted molar refractivity (Wildman–Crippen MR) is 89.2 cm³/mol. The monoisotopic (exact) mass is 310 g/mol. The third kappa shape index (κ3) is 3.46. The van der Waals surface area contributed by atoms with Gasteiger partial charge in [-0.05, 0) is 25.1 Å². The van der Waals surface area contributed by atoms with E-state index in [0.29, 0.717) is 24.0 Å². The van der Waals surface area contributed by atoms with Gasteiger partial charge in [0.15, 0.2) is 0 Å². The van der Waals surface area contributed by atoms with Crippen molar-refractivity contribution in [2.24, 2.45) is 0 Å². The van der Waals surface area contributed by atoms with Crippen molar-refractivity contribution in [2.75, 3.05) is 17.6 Å². The molecule has 0 saturated heterocycles. The van der Waals surface area contributed by atoms with Crippen LogP contribution in [0.3, 0.4) is 0 Å². The van der Waals surface area contributed by atoms with Crippen LogP contribution in [0.1, 0.15) is 6.92 Å². The predicted octanol–water partition coefficient (Wildman–Crippen LogP) is 1.70. The average Bonchev–Trinajstić information content (AvgIpc) is 3.03. The summed E-state index contributed by atoms with van der Waals surface area (Å²) in [5.41, 5.74) is 7.44. The first-order valence-corrected chi connectivity index (χ1v) is 7.28. The summed E-state index contributed by atoms with van der Waals surface area (Å²) < 4.78 is 1.87. The fourth-order valence-electron chi connectivity index (χ4n) is 2.19. The highest BCUT2D eigenvalue weighted by atomic mass is 16.3. The Bertz CT molecular complexity index is 799. The minimum absolute atomic E-state index is 0.384. The van der Waals surface area contributed by atoms with Crippen molar-refractivity contribution in [3.8, 4) is 17.2 Å². The Morgan fingerprint density at radius 2 is 2.13 bits per heavy atom. The van der Waals surface area contributed by atoms with E-state index in [9.17, 15) is 5.11 Å². The molecule has 0 bridgehead atoms. The van der Waals surface area contributed by atoms with E-state index in [-0.39, 0.29) is 0 Å². The first-order chi connectivity index (χ1) is 11.1. The number of imidazole rings is 1. The van der Waals surface area contributed by atoms with Gasteiger partial charge in [-0.15, -0.1) is 0 Å². The van der Waals surface area contributed by atoms with Crippen LogP contribution in [0.25, 0.3) is 17.2 Å². The molecule has 0 aliphatic heterocycles. The number of nitrogen functional groups attached to an aromatic ring is 1. The van der Waals surface area contributed by atoms with E-state index in [1.165, 1.54) is 0 Å². The van der Waals surface area contributed by atoms with Crippen molar-refractivity contribution < 1.29 is 5.11 Å². The topological polar surface area (TPSA) is 102 Å². The molecule has 7 heteroatoms. The zero-order chi connectivity index (χ0) is 16.2. The van der Waals surface area contributed by atoms with Crippen molar-refractivity contribution in [1.29, 1.82) is 0 Å². The number of nitrogens with one attached hydrogen (secondary N) is 1. The number of aliphatic hydroxyl groups excluding tert-OH is 1. The SMILES string of the molecule is CC(O)CNc1nccc(-n2ccnc2-c2cccc(N)c2)n1. The van der Waals surface area contributed by atoms with Gasteiger partial charge in [0.2, 0.25) is 5.95 Å². The molecule has 1 aromatic carbocycles. The van der Waals surface area contributed by atoms with Crippen LogP contribution in [0.15, 0.2) is 48.9 Å². The van der Waals surface area contributed by atoms with Gasteiger partial charge in [-0.25, -0.2) is 9.97 Å². The summed E-state index contributed by atoms with van der Waals surface area (Å²) in [6.45, 7) is 2.08. The Morgan fingerprint density at radius 3 is 2.91 bits per heavy atom. The fraction of sp³-hybridized carbons (Fsp3) is 0.188. The van der Waals surface area contributed by atoms with Crippen LogP contribution in [-0.2, 0) is 0 Å². The van der Waals surface area contributed by atoms with Crippen molar-refractivity contribution >= 4 is 11.6 Å². The molecule has 0 aliphatic rings. The second-order valence-corrected chi connectivity index (χ2v) is 5.21. The van der Waals surface area contributed by atoms with Crippen LogP contribution in [-0.4, -0.2) is 37.3 Å². The minimum Gasteiger partial charge on any atom is -0.399 e. The summed E-state index contributed by atoms with van der Waals surface area (Å²) in [4.78, 5) is 13.0. The van der Waals surface area contributed by atoms with Gasteiger partial charge in [0.25, 0.3) is 0 Å². The number of hydrogen-bond donors (Lipinski definition) is 3. The molecule has 23 heavy (non-hydrogen) atoms. The summed E-state index contributed by atoms with van der Waals surface area (Å²) in [5, 5.41) is 12.3. The Balaban J connectivity index is 1.94. The lowest BCUT2D eigenvalue weighted by atomic mass is 10.2. The molecular weight excluding hydrogens is 292 g/mol. The van der Waals surface area contributed by atoms with Crippen LogP contribution >= 0.6 is 0 Å². The molecule has 2 heterocycles. The molecule has 7 nitrogen and oxygen atoms in total. The molecule has 1 atom stereocenters. The van der Waals surface area contributed by atoms with Gasteiger partial charge >= 0.3 is 0 Å². The van der Waals surface area contributed by atoms with Gasteiger partial charge in [0, 0.05) is 36.4 Å². The second-order valence-electron chi connectivity index (χ2n) is 5.21. The summed E-state index contributed by atoms with van der Waals surface area (Å²) >= 11 is 0. The fourth-order valence-corrected chi connectivity index (χ4v) is 2.19. The molecule has 0 amide bonds. The van der Waals surface area contributed by atoms with Crippen molar-refractivity contribution in [3.05, 3.63) is 48.9 Å². The number of rotatable bonds is 5. The van der Waals surface area contributed by atoms with E-state index in [0.717, 1.165) is 11.4 Å². The first-order valence-electron chi connectivity index (χ1n) is 7.28. The molecule has 118 valence electrons. The molecule has 0 radical (unpaired) electrons. The third-order valence-corrected chi connectivity index (χ3v) is 3.23. The smallest absolute Gasteiger partial charge is 0.224 e. The quantitative estimate of drug-likeness (QED) is 0.620. The van der Waals surface area contributed by atoms with E-state index in [4.69, 9.17) is 5.73 Å². The molecule has 0 fully saturated rings. The van der Waals surface area contributed by atoms with E-state index in [2.05, 4.69) is 20.3 Å². The van der Waals surface area contributed by atoms with Gasteiger partial charge < -0.3 is 16.2 Å². The summed E-state index contributed by atoms with van der Waals surface area (Å²) in [6.07, 6.45) is 4.73. The zero-order valence-electron chi connectivity index (χ0n) is 12.7. The van der Waals surface area contributed by atoms with Gasteiger partial charge in [-0.1, -0.05) is 12.1 Å². The lowest BCUT2D eigenvalue weighted by molar-refractivity contribution is 0.208. The standard InChI is InChI=1S/C16H18N6O/c1-11(23)10-20-16-19-6-5-14(21-16)22-8-7-18-15(22)12-3-2-4-13(17)9-12/h2-9,11,23H,10,17H2,1H3,(H,19,20,21). The van der Waals surface area contributed by atoms with E-state index < -0.39 is 6.10 Å². The average molecular weight is 310 g/mol. The molecular formula is C16H18N6O. The summed E-state index contributed by atoms with van der Waals surface area (Å²) in [7, 11) is 0. The number of anilines is 2. The summed E-state index contributed by atoms with van der Waals surface area (Å²) in [6, 6.07) is 9.33. The third-order valence-electron chi connectivity index (χ3n) is 3.23. The highest BCUT2D eigenvalue weighted by molar-refractivity contribution is 5.63. The minimum atomic E-state index is -0.474. The Kier molecular flexibility index (Phi) is 4.20. The number of nitrogens with zero attached hydrogens (tertiary/aromatic N) is 4. The maximum atomic E-state index is 9.34. The second kappa shape index (κ2) is 6.45. The maximum absolute atomic E-state index is 9.34. The van der Waals surface area contributed by atoms with Crippen LogP contribution in [0.5, 0.6) is 0 Å². The maximum Gasteiger partial charge on any atom is 0.224 e. The van der Waals surface area contributed by atoms with Crippen molar-refractivity contribution in [1.82, 2.24) is 19.5 Å². The normalized spacial score (nSPS) is 12.1. The van der Waals surface area contributed by atoms with Crippen molar-refractivity contribution in [2.45, 2.75) is 13.0 Å². The molecule has 0 aliphatic carbocycles. The Labute approximate surface area is 133 Å². The highest BCUT2D eigenvalue weighted by Gasteiger charge is 2.10. The molecule has 0 spiro atoms. The number of aliphatic hydroxyl groups is 1. The van der Waals surface area contributed by atoms with Gasteiger partial charge in [-0.2, -0.15) is 4.98 Å². The lowest BCUT2D eigenvalue weighted by Crippen LogP contribution is -2.17. The molecule has 4 N–H and O–H groups in total. The molecule has 3 aromatic rings. The highest BCUT2D eigenvalue weighted by Crippen LogP contribution is 2.22. The molecule has 1 unspecified atom stereocenters. The zero-order valence-corrected chi connectivity index (χ0v) is 12.7. The lowest BCUT2D eigenvalue weighted by Gasteiger charge is -2.10. The van der Waals surface area contributed by atoms with E-state index in [1.54, 1.807) is 25.4 Å². The van der Waals surface area contributed by atoms with E-state index >= 15 is 0 Å². The number of nitrogens with two attached hydrogens (primary N) is 1. The van der Waals surface area contributed by atoms with E-state index in [1.807, 2.05) is 35.0 Å². The van der Waals surface area contributed by atoms with Crippen molar-refractivity contribution in [3.63, 3.8) is 0 Å².